The summed E-state index contributed by atoms with van der Waals surface area (Å²) >= 11 is 0. The molecule has 0 atom stereocenters. The van der Waals surface area contributed by atoms with Crippen LogP contribution in [-0.2, 0) is 4.74 Å². The third-order valence-electron chi connectivity index (χ3n) is 1.55. The third-order valence-corrected chi connectivity index (χ3v) is 1.55. The molecular formula is C8H6N2O4. The van der Waals surface area contributed by atoms with E-state index in [1.54, 1.807) is 6.07 Å². The molecule has 0 amide bonds. The molecule has 2 aromatic heterocycles. The largest absolute Gasteiger partial charge is 0.472 e. The van der Waals surface area contributed by atoms with Gasteiger partial charge in [0, 0.05) is 0 Å². The highest BCUT2D eigenvalue weighted by Gasteiger charge is 2.16. The molecule has 2 rings (SSSR count). The molecule has 0 radical (unpaired) electrons. The van der Waals surface area contributed by atoms with Crippen LogP contribution in [0.5, 0.6) is 0 Å². The van der Waals surface area contributed by atoms with E-state index in [1.807, 2.05) is 0 Å². The number of hydrogen-bond acceptors (Lipinski definition) is 6. The third kappa shape index (κ3) is 1.37. The number of hydrogen-bond donors (Lipinski definition) is 0. The summed E-state index contributed by atoms with van der Waals surface area (Å²) in [5, 5.41) is 7.16. The Morgan fingerprint density at radius 2 is 2.36 bits per heavy atom. The first kappa shape index (κ1) is 8.49. The predicted octanol–water partition coefficient (Wildman–Crippen LogP) is 1.12. The lowest BCUT2D eigenvalue weighted by molar-refractivity contribution is 0.0556. The average Bonchev–Trinajstić information content (AvgIpc) is 2.86. The Morgan fingerprint density at radius 3 is 3.00 bits per heavy atom. The zero-order valence-electron chi connectivity index (χ0n) is 7.26. The van der Waals surface area contributed by atoms with Crippen LogP contribution in [0, 0.1) is 0 Å². The lowest BCUT2D eigenvalue weighted by atomic mass is 10.3. The standard InChI is InChI=1S/C8H6N2O4/c1-12-8(11)7-10-9-6(14-7)5-2-3-13-4-5/h2-4H,1H3. The fourth-order valence-electron chi connectivity index (χ4n) is 0.896. The summed E-state index contributed by atoms with van der Waals surface area (Å²) in [6.07, 6.45) is 2.91. The minimum Gasteiger partial charge on any atom is -0.472 e. The van der Waals surface area contributed by atoms with E-state index in [-0.39, 0.29) is 11.8 Å². The molecule has 0 fully saturated rings. The van der Waals surface area contributed by atoms with Crippen LogP contribution in [-0.4, -0.2) is 23.3 Å². The Hall–Kier alpha value is -2.11. The molecule has 0 aliphatic rings. The van der Waals surface area contributed by atoms with E-state index in [2.05, 4.69) is 14.9 Å². The van der Waals surface area contributed by atoms with Crippen molar-refractivity contribution in [2.45, 2.75) is 0 Å². The molecule has 0 spiro atoms. The second-order valence-corrected chi connectivity index (χ2v) is 2.42. The van der Waals surface area contributed by atoms with Gasteiger partial charge in [0.25, 0.3) is 5.89 Å². The molecule has 0 N–H and O–H groups in total. The van der Waals surface area contributed by atoms with Gasteiger partial charge in [-0.05, 0) is 6.07 Å². The van der Waals surface area contributed by atoms with E-state index in [0.29, 0.717) is 5.56 Å². The van der Waals surface area contributed by atoms with Crippen LogP contribution in [0.4, 0.5) is 0 Å². The summed E-state index contributed by atoms with van der Waals surface area (Å²) in [6.45, 7) is 0. The molecule has 72 valence electrons. The van der Waals surface area contributed by atoms with Gasteiger partial charge < -0.3 is 13.6 Å². The van der Waals surface area contributed by atoms with E-state index in [4.69, 9.17) is 8.83 Å². The first-order valence-corrected chi connectivity index (χ1v) is 3.75. The molecule has 0 aliphatic heterocycles. The number of carbonyl (C=O) groups excluding carboxylic acids is 1. The second kappa shape index (κ2) is 3.33. The highest BCUT2D eigenvalue weighted by atomic mass is 16.5. The molecule has 14 heavy (non-hydrogen) atoms. The summed E-state index contributed by atoms with van der Waals surface area (Å²) in [5.74, 6) is -0.616. The molecule has 6 heteroatoms. The molecule has 6 nitrogen and oxygen atoms in total. The molecule has 0 saturated heterocycles. The van der Waals surface area contributed by atoms with E-state index >= 15 is 0 Å². The number of nitrogens with zero attached hydrogens (tertiary/aromatic N) is 2. The van der Waals surface area contributed by atoms with Gasteiger partial charge in [0.1, 0.15) is 6.26 Å². The number of rotatable bonds is 2. The van der Waals surface area contributed by atoms with Gasteiger partial charge in [-0.2, -0.15) is 0 Å². The van der Waals surface area contributed by atoms with Crippen LogP contribution >= 0.6 is 0 Å². The van der Waals surface area contributed by atoms with Crippen LogP contribution in [0.25, 0.3) is 11.5 Å². The number of ether oxygens (including phenoxy) is 1. The Bertz CT molecular complexity index is 432. The van der Waals surface area contributed by atoms with Gasteiger partial charge in [0.15, 0.2) is 0 Å². The molecule has 0 unspecified atom stereocenters. The first-order valence-electron chi connectivity index (χ1n) is 3.75. The summed E-state index contributed by atoms with van der Waals surface area (Å²) in [7, 11) is 1.24. The van der Waals surface area contributed by atoms with Gasteiger partial charge >= 0.3 is 11.9 Å². The van der Waals surface area contributed by atoms with Crippen LogP contribution in [0.2, 0.25) is 0 Å². The molecule has 0 aromatic carbocycles. The summed E-state index contributed by atoms with van der Waals surface area (Å²) in [6, 6.07) is 1.65. The van der Waals surface area contributed by atoms with E-state index in [1.165, 1.54) is 19.6 Å². The second-order valence-electron chi connectivity index (χ2n) is 2.42. The van der Waals surface area contributed by atoms with Gasteiger partial charge in [-0.3, -0.25) is 0 Å². The fourth-order valence-corrected chi connectivity index (χ4v) is 0.896. The minimum absolute atomic E-state index is 0.177. The van der Waals surface area contributed by atoms with Crippen molar-refractivity contribution in [1.29, 1.82) is 0 Å². The monoisotopic (exact) mass is 194 g/mol. The molecule has 0 aliphatic carbocycles. The van der Waals surface area contributed by atoms with Gasteiger partial charge in [-0.1, -0.05) is 0 Å². The Kier molecular flexibility index (Phi) is 2.02. The fraction of sp³-hybridized carbons (Fsp3) is 0.125. The maximum absolute atomic E-state index is 11.0. The summed E-state index contributed by atoms with van der Waals surface area (Å²) in [5.41, 5.74) is 0.618. The Labute approximate surface area is 78.5 Å². The Balaban J connectivity index is 2.31. The van der Waals surface area contributed by atoms with Gasteiger partial charge in [0.05, 0.1) is 18.9 Å². The molecule has 2 aromatic rings. The van der Waals surface area contributed by atoms with Crippen molar-refractivity contribution in [2.75, 3.05) is 7.11 Å². The van der Waals surface area contributed by atoms with Gasteiger partial charge in [-0.15, -0.1) is 10.2 Å². The van der Waals surface area contributed by atoms with Gasteiger partial charge in [0.2, 0.25) is 0 Å². The zero-order valence-corrected chi connectivity index (χ0v) is 7.26. The van der Waals surface area contributed by atoms with Crippen LogP contribution in [0.15, 0.2) is 27.4 Å². The van der Waals surface area contributed by atoms with Gasteiger partial charge in [-0.25, -0.2) is 4.79 Å². The van der Waals surface area contributed by atoms with E-state index < -0.39 is 5.97 Å². The normalized spacial score (nSPS) is 10.1. The average molecular weight is 194 g/mol. The molecule has 2 heterocycles. The van der Waals surface area contributed by atoms with Crippen LogP contribution in [0.3, 0.4) is 0 Å². The first-order chi connectivity index (χ1) is 6.81. The van der Waals surface area contributed by atoms with E-state index in [9.17, 15) is 4.79 Å². The minimum atomic E-state index is -0.660. The van der Waals surface area contributed by atoms with Crippen molar-refractivity contribution in [3.05, 3.63) is 24.5 Å². The highest BCUT2D eigenvalue weighted by Crippen LogP contribution is 2.17. The number of aromatic nitrogens is 2. The molecule has 0 saturated carbocycles. The van der Waals surface area contributed by atoms with Crippen molar-refractivity contribution >= 4 is 5.97 Å². The SMILES string of the molecule is COC(=O)c1nnc(-c2ccoc2)o1. The number of carbonyl (C=O) groups is 1. The van der Waals surface area contributed by atoms with E-state index in [0.717, 1.165) is 0 Å². The lowest BCUT2D eigenvalue weighted by Gasteiger charge is -1.88. The van der Waals surface area contributed by atoms with Crippen molar-refractivity contribution in [3.63, 3.8) is 0 Å². The summed E-state index contributed by atoms with van der Waals surface area (Å²) in [4.78, 5) is 11.0. The number of methoxy groups -OCH3 is 1. The lowest BCUT2D eigenvalue weighted by Crippen LogP contribution is -2.00. The maximum atomic E-state index is 11.0. The van der Waals surface area contributed by atoms with Crippen LogP contribution < -0.4 is 0 Å². The van der Waals surface area contributed by atoms with Crippen LogP contribution in [0.1, 0.15) is 10.7 Å². The molecular weight excluding hydrogens is 188 g/mol. The van der Waals surface area contributed by atoms with Crippen molar-refractivity contribution in [1.82, 2.24) is 10.2 Å². The van der Waals surface area contributed by atoms with Crippen molar-refractivity contribution in [3.8, 4) is 11.5 Å². The van der Waals surface area contributed by atoms with Crippen molar-refractivity contribution < 1.29 is 18.4 Å². The highest BCUT2D eigenvalue weighted by molar-refractivity contribution is 5.84. The quantitative estimate of drug-likeness (QED) is 0.666. The maximum Gasteiger partial charge on any atom is 0.396 e. The predicted molar refractivity (Wildman–Crippen MR) is 43.3 cm³/mol. The Morgan fingerprint density at radius 1 is 1.50 bits per heavy atom. The number of esters is 1. The summed E-state index contributed by atoms with van der Waals surface area (Å²) < 4.78 is 14.3. The smallest absolute Gasteiger partial charge is 0.396 e. The zero-order chi connectivity index (χ0) is 9.97. The topological polar surface area (TPSA) is 78.4 Å². The number of furan rings is 1. The van der Waals surface area contributed by atoms with Crippen molar-refractivity contribution in [2.24, 2.45) is 0 Å². The molecule has 0 bridgehead atoms.